The molecule has 0 aromatic carbocycles. The van der Waals surface area contributed by atoms with Crippen molar-refractivity contribution >= 4 is 17.7 Å². The number of hydrogen-bond acceptors (Lipinski definition) is 6. The predicted octanol–water partition coefficient (Wildman–Crippen LogP) is 2.69. The SMILES string of the molecule is COCCOC(=O)c1c(C)[nH]c(C(=O)NCCNc2ncccc2C(F)(F)F)c1C. The second-order valence-electron chi connectivity index (χ2n) is 6.33. The lowest BCUT2D eigenvalue weighted by Crippen LogP contribution is -2.30. The number of carbonyl (C=O) groups is 2. The number of alkyl halides is 3. The first-order chi connectivity index (χ1) is 14.2. The number of aromatic amines is 1. The Morgan fingerprint density at radius 3 is 2.60 bits per heavy atom. The molecule has 0 spiro atoms. The van der Waals surface area contributed by atoms with E-state index in [0.717, 1.165) is 6.07 Å². The minimum absolute atomic E-state index is 0.0243. The molecule has 0 radical (unpaired) electrons. The highest BCUT2D eigenvalue weighted by Gasteiger charge is 2.34. The lowest BCUT2D eigenvalue weighted by molar-refractivity contribution is -0.137. The summed E-state index contributed by atoms with van der Waals surface area (Å²) in [7, 11) is 1.48. The number of ether oxygens (including phenoxy) is 2. The number of hydrogen-bond donors (Lipinski definition) is 3. The highest BCUT2D eigenvalue weighted by molar-refractivity contribution is 6.00. The zero-order valence-corrected chi connectivity index (χ0v) is 16.8. The molecule has 0 saturated heterocycles. The number of rotatable bonds is 9. The fourth-order valence-electron chi connectivity index (χ4n) is 2.79. The minimum Gasteiger partial charge on any atom is -0.460 e. The van der Waals surface area contributed by atoms with Gasteiger partial charge in [0.2, 0.25) is 0 Å². The summed E-state index contributed by atoms with van der Waals surface area (Å²) >= 11 is 0. The molecule has 2 aromatic rings. The van der Waals surface area contributed by atoms with Crippen LogP contribution in [0.25, 0.3) is 0 Å². The van der Waals surface area contributed by atoms with Gasteiger partial charge in [0.25, 0.3) is 5.91 Å². The van der Waals surface area contributed by atoms with Crippen molar-refractivity contribution in [3.8, 4) is 0 Å². The van der Waals surface area contributed by atoms with Crippen LogP contribution >= 0.6 is 0 Å². The quantitative estimate of drug-likeness (QED) is 0.419. The molecule has 30 heavy (non-hydrogen) atoms. The molecule has 0 fully saturated rings. The Balaban J connectivity index is 1.95. The molecule has 0 aliphatic rings. The number of aryl methyl sites for hydroxylation is 1. The van der Waals surface area contributed by atoms with E-state index in [2.05, 4.69) is 20.6 Å². The number of methoxy groups -OCH3 is 1. The summed E-state index contributed by atoms with van der Waals surface area (Å²) < 4.78 is 48.8. The molecule has 0 saturated carbocycles. The number of amides is 1. The molecule has 0 aliphatic carbocycles. The van der Waals surface area contributed by atoms with Crippen LogP contribution < -0.4 is 10.6 Å². The number of halogens is 3. The summed E-state index contributed by atoms with van der Waals surface area (Å²) in [6.07, 6.45) is -3.29. The number of pyridine rings is 1. The van der Waals surface area contributed by atoms with Crippen LogP contribution in [0.3, 0.4) is 0 Å². The topological polar surface area (TPSA) is 105 Å². The molecule has 0 atom stereocenters. The molecule has 2 heterocycles. The van der Waals surface area contributed by atoms with Crippen LogP contribution in [0.5, 0.6) is 0 Å². The number of nitrogens with zero attached hydrogens (tertiary/aromatic N) is 1. The summed E-state index contributed by atoms with van der Waals surface area (Å²) in [5.41, 5.74) is 0.451. The van der Waals surface area contributed by atoms with Crippen molar-refractivity contribution in [1.29, 1.82) is 0 Å². The van der Waals surface area contributed by atoms with Gasteiger partial charge >= 0.3 is 12.1 Å². The Hall–Kier alpha value is -3.08. The van der Waals surface area contributed by atoms with E-state index in [1.807, 2.05) is 0 Å². The second-order valence-corrected chi connectivity index (χ2v) is 6.33. The van der Waals surface area contributed by atoms with Crippen LogP contribution in [-0.2, 0) is 15.7 Å². The van der Waals surface area contributed by atoms with E-state index >= 15 is 0 Å². The van der Waals surface area contributed by atoms with Gasteiger partial charge in [0.15, 0.2) is 0 Å². The van der Waals surface area contributed by atoms with Gasteiger partial charge in [0, 0.05) is 32.1 Å². The van der Waals surface area contributed by atoms with Gasteiger partial charge in [-0.05, 0) is 31.5 Å². The molecular weight excluding hydrogens is 405 g/mol. The third kappa shape index (κ3) is 5.72. The van der Waals surface area contributed by atoms with Crippen molar-refractivity contribution < 1.29 is 32.2 Å². The maximum absolute atomic E-state index is 13.0. The Labute approximate surface area is 171 Å². The predicted molar refractivity (Wildman–Crippen MR) is 102 cm³/mol. The van der Waals surface area contributed by atoms with Crippen molar-refractivity contribution in [2.45, 2.75) is 20.0 Å². The lowest BCUT2D eigenvalue weighted by atomic mass is 10.1. The van der Waals surface area contributed by atoms with E-state index in [1.165, 1.54) is 19.4 Å². The Kier molecular flexibility index (Phi) is 7.81. The standard InChI is InChI=1S/C19H23F3N4O4/c1-11-14(18(28)30-10-9-29-3)12(2)26-15(11)17(27)25-8-7-24-16-13(19(20,21)22)5-4-6-23-16/h4-6,26H,7-10H2,1-3H3,(H,23,24)(H,25,27). The molecule has 164 valence electrons. The van der Waals surface area contributed by atoms with Crippen LogP contribution in [0.4, 0.5) is 19.0 Å². The summed E-state index contributed by atoms with van der Waals surface area (Å²) in [5, 5.41) is 5.15. The van der Waals surface area contributed by atoms with Gasteiger partial charge in [-0.25, -0.2) is 9.78 Å². The number of H-pyrrole nitrogens is 1. The van der Waals surface area contributed by atoms with Crippen molar-refractivity contribution in [2.24, 2.45) is 0 Å². The molecule has 2 rings (SSSR count). The van der Waals surface area contributed by atoms with Gasteiger partial charge in [-0.15, -0.1) is 0 Å². The van der Waals surface area contributed by atoms with Crippen LogP contribution in [0.1, 0.15) is 37.7 Å². The largest absolute Gasteiger partial charge is 0.460 e. The summed E-state index contributed by atoms with van der Waals surface area (Å²) in [5.74, 6) is -1.38. The molecule has 0 aliphatic heterocycles. The number of aromatic nitrogens is 2. The maximum atomic E-state index is 13.0. The first-order valence-electron chi connectivity index (χ1n) is 9.06. The number of anilines is 1. The minimum atomic E-state index is -4.53. The average molecular weight is 428 g/mol. The van der Waals surface area contributed by atoms with Crippen molar-refractivity contribution in [3.05, 3.63) is 46.4 Å². The molecule has 0 unspecified atom stereocenters. The average Bonchev–Trinajstić information content (AvgIpc) is 2.99. The summed E-state index contributed by atoms with van der Waals surface area (Å²) in [6, 6.07) is 2.12. The monoisotopic (exact) mass is 428 g/mol. The fourth-order valence-corrected chi connectivity index (χ4v) is 2.79. The van der Waals surface area contributed by atoms with Gasteiger partial charge < -0.3 is 25.1 Å². The van der Waals surface area contributed by atoms with E-state index in [0.29, 0.717) is 11.3 Å². The normalized spacial score (nSPS) is 11.3. The molecular formula is C19H23F3N4O4. The third-order valence-electron chi connectivity index (χ3n) is 4.21. The zero-order valence-electron chi connectivity index (χ0n) is 16.8. The second kappa shape index (κ2) is 10.1. The van der Waals surface area contributed by atoms with Gasteiger partial charge in [-0.2, -0.15) is 13.2 Å². The third-order valence-corrected chi connectivity index (χ3v) is 4.21. The van der Waals surface area contributed by atoms with Crippen molar-refractivity contribution in [2.75, 3.05) is 38.7 Å². The molecule has 0 bridgehead atoms. The fraction of sp³-hybridized carbons (Fsp3) is 0.421. The van der Waals surface area contributed by atoms with Gasteiger partial charge in [-0.1, -0.05) is 0 Å². The van der Waals surface area contributed by atoms with Crippen LogP contribution in [-0.4, -0.2) is 55.3 Å². The van der Waals surface area contributed by atoms with Gasteiger partial charge in [0.1, 0.15) is 18.1 Å². The highest BCUT2D eigenvalue weighted by Crippen LogP contribution is 2.33. The first kappa shape index (κ1) is 23.2. The lowest BCUT2D eigenvalue weighted by Gasteiger charge is -2.13. The molecule has 1 amide bonds. The van der Waals surface area contributed by atoms with Gasteiger partial charge in [-0.3, -0.25) is 4.79 Å². The Morgan fingerprint density at radius 2 is 1.93 bits per heavy atom. The maximum Gasteiger partial charge on any atom is 0.419 e. The smallest absolute Gasteiger partial charge is 0.419 e. The molecule has 3 N–H and O–H groups in total. The van der Waals surface area contributed by atoms with Gasteiger partial charge in [0.05, 0.1) is 17.7 Å². The van der Waals surface area contributed by atoms with Crippen LogP contribution in [0.15, 0.2) is 18.3 Å². The van der Waals surface area contributed by atoms with Crippen LogP contribution in [0, 0.1) is 13.8 Å². The zero-order chi connectivity index (χ0) is 22.3. The first-order valence-corrected chi connectivity index (χ1v) is 9.06. The number of carbonyl (C=O) groups excluding carboxylic acids is 2. The van der Waals surface area contributed by atoms with E-state index in [9.17, 15) is 22.8 Å². The Bertz CT molecular complexity index is 896. The summed E-state index contributed by atoms with van der Waals surface area (Å²) in [4.78, 5) is 31.1. The Morgan fingerprint density at radius 1 is 1.20 bits per heavy atom. The van der Waals surface area contributed by atoms with E-state index in [-0.39, 0.29) is 43.4 Å². The van der Waals surface area contributed by atoms with Crippen molar-refractivity contribution in [1.82, 2.24) is 15.3 Å². The number of nitrogens with one attached hydrogen (secondary N) is 3. The van der Waals surface area contributed by atoms with E-state index < -0.39 is 23.6 Å². The molecule has 2 aromatic heterocycles. The van der Waals surface area contributed by atoms with E-state index in [4.69, 9.17) is 9.47 Å². The van der Waals surface area contributed by atoms with Crippen LogP contribution in [0.2, 0.25) is 0 Å². The molecule has 11 heteroatoms. The highest BCUT2D eigenvalue weighted by atomic mass is 19.4. The molecule has 8 nitrogen and oxygen atoms in total. The summed E-state index contributed by atoms with van der Waals surface area (Å²) in [6.45, 7) is 3.64. The van der Waals surface area contributed by atoms with E-state index in [1.54, 1.807) is 13.8 Å². The van der Waals surface area contributed by atoms with Crippen molar-refractivity contribution in [3.63, 3.8) is 0 Å². The number of esters is 1.